The van der Waals surface area contributed by atoms with Crippen molar-refractivity contribution in [3.8, 4) is 0 Å². The Bertz CT molecular complexity index is 809. The van der Waals surface area contributed by atoms with Gasteiger partial charge in [0.15, 0.2) is 5.78 Å². The molecule has 2 aromatic carbocycles. The van der Waals surface area contributed by atoms with E-state index < -0.39 is 17.4 Å². The van der Waals surface area contributed by atoms with E-state index in [1.54, 1.807) is 30.6 Å². The lowest BCUT2D eigenvalue weighted by Crippen LogP contribution is -2.05. The monoisotopic (exact) mass is 269 g/mol. The van der Waals surface area contributed by atoms with Gasteiger partial charge in [-0.05, 0) is 29.7 Å². The van der Waals surface area contributed by atoms with Crippen molar-refractivity contribution < 1.29 is 13.6 Å². The number of ketones is 1. The third-order valence-corrected chi connectivity index (χ3v) is 3.10. The van der Waals surface area contributed by atoms with E-state index in [0.29, 0.717) is 10.9 Å². The number of aromatic nitrogens is 1. The second-order valence-corrected chi connectivity index (χ2v) is 4.36. The highest BCUT2D eigenvalue weighted by Gasteiger charge is 2.17. The van der Waals surface area contributed by atoms with Crippen molar-refractivity contribution in [3.05, 3.63) is 77.6 Å². The first-order valence-corrected chi connectivity index (χ1v) is 5.99. The average molecular weight is 269 g/mol. The Hall–Kier alpha value is -2.62. The first kappa shape index (κ1) is 12.4. The fraction of sp³-hybridized carbons (Fsp3) is 0. The zero-order valence-electron chi connectivity index (χ0n) is 10.3. The predicted octanol–water partition coefficient (Wildman–Crippen LogP) is 3.74. The van der Waals surface area contributed by atoms with E-state index >= 15 is 0 Å². The molecule has 1 heterocycles. The number of carbonyl (C=O) groups is 1. The Morgan fingerprint density at radius 2 is 1.85 bits per heavy atom. The van der Waals surface area contributed by atoms with Crippen LogP contribution >= 0.6 is 0 Å². The molecule has 0 N–H and O–H groups in total. The summed E-state index contributed by atoms with van der Waals surface area (Å²) < 4.78 is 26.9. The smallest absolute Gasteiger partial charge is 0.196 e. The number of benzene rings is 2. The van der Waals surface area contributed by atoms with Crippen molar-refractivity contribution in [2.24, 2.45) is 0 Å². The molecule has 0 saturated heterocycles. The summed E-state index contributed by atoms with van der Waals surface area (Å²) in [6.07, 6.45) is 3.15. The van der Waals surface area contributed by atoms with Crippen LogP contribution in [0.2, 0.25) is 0 Å². The number of hydrogen-bond donors (Lipinski definition) is 0. The van der Waals surface area contributed by atoms with Gasteiger partial charge in [0.2, 0.25) is 0 Å². The topological polar surface area (TPSA) is 30.0 Å². The molecule has 0 atom stereocenters. The zero-order valence-corrected chi connectivity index (χ0v) is 10.3. The van der Waals surface area contributed by atoms with Gasteiger partial charge in [-0.2, -0.15) is 0 Å². The number of hydrogen-bond acceptors (Lipinski definition) is 2. The molecule has 0 aliphatic heterocycles. The molecule has 2 nitrogen and oxygen atoms in total. The van der Waals surface area contributed by atoms with Crippen LogP contribution in [0.4, 0.5) is 8.78 Å². The number of halogens is 2. The van der Waals surface area contributed by atoms with Gasteiger partial charge in [0.05, 0.1) is 5.56 Å². The summed E-state index contributed by atoms with van der Waals surface area (Å²) in [7, 11) is 0. The highest BCUT2D eigenvalue weighted by atomic mass is 19.1. The van der Waals surface area contributed by atoms with Crippen molar-refractivity contribution in [2.45, 2.75) is 0 Å². The van der Waals surface area contributed by atoms with Crippen molar-refractivity contribution in [3.63, 3.8) is 0 Å². The molecule has 0 spiro atoms. The maximum absolute atomic E-state index is 13.7. The van der Waals surface area contributed by atoms with Crippen LogP contribution in [0, 0.1) is 11.6 Å². The third kappa shape index (κ3) is 2.05. The summed E-state index contributed by atoms with van der Waals surface area (Å²) in [6, 6.07) is 9.71. The molecule has 1 aromatic heterocycles. The quantitative estimate of drug-likeness (QED) is 0.663. The van der Waals surface area contributed by atoms with Gasteiger partial charge in [0.25, 0.3) is 0 Å². The van der Waals surface area contributed by atoms with E-state index in [9.17, 15) is 13.6 Å². The Morgan fingerprint density at radius 1 is 1.00 bits per heavy atom. The average Bonchev–Trinajstić information content (AvgIpc) is 2.48. The van der Waals surface area contributed by atoms with Crippen molar-refractivity contribution in [1.82, 2.24) is 4.98 Å². The standard InChI is InChI=1S/C16H9F2NO/c17-11-4-5-15(18)13(8-11)16(20)12-3-1-2-10-6-7-19-9-14(10)12/h1-9H. The molecule has 20 heavy (non-hydrogen) atoms. The Labute approximate surface area is 113 Å². The number of fused-ring (bicyclic) bond motifs is 1. The van der Waals surface area contributed by atoms with Crippen molar-refractivity contribution in [1.29, 1.82) is 0 Å². The van der Waals surface area contributed by atoms with Gasteiger partial charge in [-0.3, -0.25) is 9.78 Å². The Kier molecular flexibility index (Phi) is 2.99. The summed E-state index contributed by atoms with van der Waals surface area (Å²) in [6.45, 7) is 0. The van der Waals surface area contributed by atoms with E-state index in [-0.39, 0.29) is 5.56 Å². The van der Waals surface area contributed by atoms with Gasteiger partial charge in [-0.1, -0.05) is 18.2 Å². The first-order valence-electron chi connectivity index (χ1n) is 5.99. The predicted molar refractivity (Wildman–Crippen MR) is 71.5 cm³/mol. The third-order valence-electron chi connectivity index (χ3n) is 3.10. The molecule has 0 bridgehead atoms. The largest absolute Gasteiger partial charge is 0.288 e. The minimum absolute atomic E-state index is 0.277. The van der Waals surface area contributed by atoms with Crippen molar-refractivity contribution >= 4 is 16.6 Å². The van der Waals surface area contributed by atoms with Gasteiger partial charge in [-0.15, -0.1) is 0 Å². The Morgan fingerprint density at radius 3 is 2.70 bits per heavy atom. The van der Waals surface area contributed by atoms with Crippen molar-refractivity contribution in [2.75, 3.05) is 0 Å². The van der Waals surface area contributed by atoms with E-state index in [1.165, 1.54) is 0 Å². The molecule has 0 aliphatic carbocycles. The zero-order chi connectivity index (χ0) is 14.1. The molecule has 4 heteroatoms. The lowest BCUT2D eigenvalue weighted by Gasteiger charge is -2.06. The van der Waals surface area contributed by atoms with Gasteiger partial charge in [0, 0.05) is 23.3 Å². The molecule has 0 fully saturated rings. The van der Waals surface area contributed by atoms with Crippen LogP contribution < -0.4 is 0 Å². The molecule has 3 aromatic rings. The molecule has 0 aliphatic rings. The van der Waals surface area contributed by atoms with E-state index in [1.807, 2.05) is 6.07 Å². The summed E-state index contributed by atoms with van der Waals surface area (Å²) >= 11 is 0. The summed E-state index contributed by atoms with van der Waals surface area (Å²) in [4.78, 5) is 16.4. The van der Waals surface area contributed by atoms with Crippen LogP contribution in [0.25, 0.3) is 10.8 Å². The minimum atomic E-state index is -0.739. The molecular formula is C16H9F2NO. The fourth-order valence-corrected chi connectivity index (χ4v) is 2.13. The molecule has 3 rings (SSSR count). The number of pyridine rings is 1. The molecule has 0 radical (unpaired) electrons. The van der Waals surface area contributed by atoms with Crippen LogP contribution in [-0.4, -0.2) is 10.8 Å². The maximum atomic E-state index is 13.7. The lowest BCUT2D eigenvalue weighted by molar-refractivity contribution is 0.103. The number of rotatable bonds is 2. The summed E-state index contributed by atoms with van der Waals surface area (Å²) in [5.74, 6) is -1.94. The van der Waals surface area contributed by atoms with E-state index in [4.69, 9.17) is 0 Å². The Balaban J connectivity index is 2.20. The van der Waals surface area contributed by atoms with Crippen LogP contribution in [0.1, 0.15) is 15.9 Å². The lowest BCUT2D eigenvalue weighted by atomic mass is 9.98. The van der Waals surface area contributed by atoms with Crippen LogP contribution in [-0.2, 0) is 0 Å². The SMILES string of the molecule is O=C(c1cc(F)ccc1F)c1cccc2ccncc12. The summed E-state index contributed by atoms with van der Waals surface area (Å²) in [5, 5.41) is 1.44. The van der Waals surface area contributed by atoms with Crippen LogP contribution in [0.3, 0.4) is 0 Å². The molecule has 0 saturated carbocycles. The van der Waals surface area contributed by atoms with Gasteiger partial charge < -0.3 is 0 Å². The molecular weight excluding hydrogens is 260 g/mol. The minimum Gasteiger partial charge on any atom is -0.288 e. The molecule has 98 valence electrons. The highest BCUT2D eigenvalue weighted by Crippen LogP contribution is 2.22. The summed E-state index contributed by atoms with van der Waals surface area (Å²) in [5.41, 5.74) is 0.0291. The normalized spacial score (nSPS) is 10.7. The van der Waals surface area contributed by atoms with E-state index in [0.717, 1.165) is 23.6 Å². The van der Waals surface area contributed by atoms with Gasteiger partial charge in [0.1, 0.15) is 11.6 Å². The van der Waals surface area contributed by atoms with E-state index in [2.05, 4.69) is 4.98 Å². The number of carbonyl (C=O) groups excluding carboxylic acids is 1. The fourth-order valence-electron chi connectivity index (χ4n) is 2.13. The molecule has 0 unspecified atom stereocenters. The maximum Gasteiger partial charge on any atom is 0.196 e. The van der Waals surface area contributed by atoms with Crippen LogP contribution in [0.5, 0.6) is 0 Å². The second-order valence-electron chi connectivity index (χ2n) is 4.36. The number of nitrogens with zero attached hydrogens (tertiary/aromatic N) is 1. The van der Waals surface area contributed by atoms with Gasteiger partial charge >= 0.3 is 0 Å². The second kappa shape index (κ2) is 4.81. The molecule has 0 amide bonds. The van der Waals surface area contributed by atoms with Crippen LogP contribution in [0.15, 0.2) is 54.9 Å². The highest BCUT2D eigenvalue weighted by molar-refractivity contribution is 6.16. The van der Waals surface area contributed by atoms with Gasteiger partial charge in [-0.25, -0.2) is 8.78 Å². The first-order chi connectivity index (χ1) is 9.66.